The van der Waals surface area contributed by atoms with E-state index in [0.29, 0.717) is 6.42 Å². The Morgan fingerprint density at radius 1 is 1.55 bits per heavy atom. The minimum atomic E-state index is -0.525. The van der Waals surface area contributed by atoms with Gasteiger partial charge in [-0.2, -0.15) is 0 Å². The number of rotatable bonds is 3. The molecule has 0 aliphatic carbocycles. The average Bonchev–Trinajstić information content (AvgIpc) is 1.99. The Labute approximate surface area is 67.6 Å². The molecule has 2 N–H and O–H groups in total. The van der Waals surface area contributed by atoms with E-state index < -0.39 is 6.10 Å². The van der Waals surface area contributed by atoms with Gasteiger partial charge in [0.05, 0.1) is 6.61 Å². The Kier molecular flexibility index (Phi) is 6.81. The Bertz CT molecular complexity index is 162. The molecule has 0 aromatic carbocycles. The zero-order valence-corrected chi connectivity index (χ0v) is 6.75. The van der Waals surface area contributed by atoms with Crippen LogP contribution in [0.3, 0.4) is 0 Å². The molecule has 2 heteroatoms. The SMILES string of the molecule is CCCC(O)C#C/C=C/CO. The van der Waals surface area contributed by atoms with E-state index in [2.05, 4.69) is 11.8 Å². The van der Waals surface area contributed by atoms with Crippen LogP contribution in [0.25, 0.3) is 0 Å². The van der Waals surface area contributed by atoms with E-state index >= 15 is 0 Å². The van der Waals surface area contributed by atoms with Gasteiger partial charge in [-0.25, -0.2) is 0 Å². The van der Waals surface area contributed by atoms with Crippen molar-refractivity contribution in [2.24, 2.45) is 0 Å². The molecule has 62 valence electrons. The third-order valence-corrected chi connectivity index (χ3v) is 1.12. The van der Waals surface area contributed by atoms with Crippen molar-refractivity contribution < 1.29 is 10.2 Å². The summed E-state index contributed by atoms with van der Waals surface area (Å²) in [5.41, 5.74) is 0. The summed E-state index contributed by atoms with van der Waals surface area (Å²) in [7, 11) is 0. The van der Waals surface area contributed by atoms with Crippen LogP contribution in [-0.2, 0) is 0 Å². The quantitative estimate of drug-likeness (QED) is 0.587. The molecule has 1 unspecified atom stereocenters. The van der Waals surface area contributed by atoms with Gasteiger partial charge in [0, 0.05) is 0 Å². The fourth-order valence-corrected chi connectivity index (χ4v) is 0.602. The van der Waals surface area contributed by atoms with E-state index in [1.807, 2.05) is 6.92 Å². The summed E-state index contributed by atoms with van der Waals surface area (Å²) in [6, 6.07) is 0. The molecule has 0 radical (unpaired) electrons. The highest BCUT2D eigenvalue weighted by atomic mass is 16.3. The molecular weight excluding hydrogens is 140 g/mol. The molecule has 1 atom stereocenters. The lowest BCUT2D eigenvalue weighted by Gasteiger charge is -1.96. The van der Waals surface area contributed by atoms with Gasteiger partial charge < -0.3 is 10.2 Å². The highest BCUT2D eigenvalue weighted by Crippen LogP contribution is 1.92. The van der Waals surface area contributed by atoms with E-state index in [1.54, 1.807) is 6.08 Å². The van der Waals surface area contributed by atoms with Gasteiger partial charge in [0.2, 0.25) is 0 Å². The van der Waals surface area contributed by atoms with Crippen molar-refractivity contribution in [3.8, 4) is 11.8 Å². The monoisotopic (exact) mass is 154 g/mol. The molecule has 0 fully saturated rings. The maximum absolute atomic E-state index is 9.08. The number of hydrogen-bond donors (Lipinski definition) is 2. The summed E-state index contributed by atoms with van der Waals surface area (Å²) in [6.45, 7) is 1.99. The molecule has 0 rings (SSSR count). The van der Waals surface area contributed by atoms with Crippen molar-refractivity contribution in [1.82, 2.24) is 0 Å². The Morgan fingerprint density at radius 3 is 2.82 bits per heavy atom. The van der Waals surface area contributed by atoms with E-state index in [9.17, 15) is 0 Å². The summed E-state index contributed by atoms with van der Waals surface area (Å²) < 4.78 is 0. The molecular formula is C9H14O2. The van der Waals surface area contributed by atoms with Crippen LogP contribution in [0.2, 0.25) is 0 Å². The second-order valence-electron chi connectivity index (χ2n) is 2.18. The second kappa shape index (κ2) is 7.33. The van der Waals surface area contributed by atoms with Crippen molar-refractivity contribution in [2.75, 3.05) is 6.61 Å². The summed E-state index contributed by atoms with van der Waals surface area (Å²) in [4.78, 5) is 0. The summed E-state index contributed by atoms with van der Waals surface area (Å²) >= 11 is 0. The molecule has 0 aromatic rings. The zero-order chi connectivity index (χ0) is 8.53. The fourth-order valence-electron chi connectivity index (χ4n) is 0.602. The molecule has 0 heterocycles. The summed E-state index contributed by atoms with van der Waals surface area (Å²) in [6.07, 6.45) is 4.19. The topological polar surface area (TPSA) is 40.5 Å². The van der Waals surface area contributed by atoms with E-state index in [-0.39, 0.29) is 6.61 Å². The minimum Gasteiger partial charge on any atom is -0.392 e. The van der Waals surface area contributed by atoms with E-state index in [1.165, 1.54) is 6.08 Å². The number of hydrogen-bond acceptors (Lipinski definition) is 2. The van der Waals surface area contributed by atoms with Crippen LogP contribution in [0.4, 0.5) is 0 Å². The van der Waals surface area contributed by atoms with Gasteiger partial charge in [0.15, 0.2) is 0 Å². The molecule has 0 aliphatic rings. The van der Waals surface area contributed by atoms with Crippen molar-refractivity contribution >= 4 is 0 Å². The predicted molar refractivity (Wildman–Crippen MR) is 44.9 cm³/mol. The highest BCUT2D eigenvalue weighted by molar-refractivity contribution is 5.17. The Morgan fingerprint density at radius 2 is 2.27 bits per heavy atom. The van der Waals surface area contributed by atoms with Gasteiger partial charge in [0.1, 0.15) is 6.10 Å². The van der Waals surface area contributed by atoms with Crippen LogP contribution in [0, 0.1) is 11.8 Å². The largest absolute Gasteiger partial charge is 0.392 e. The van der Waals surface area contributed by atoms with Gasteiger partial charge in [-0.3, -0.25) is 0 Å². The molecule has 0 bridgehead atoms. The molecule has 0 amide bonds. The maximum Gasteiger partial charge on any atom is 0.115 e. The van der Waals surface area contributed by atoms with Crippen molar-refractivity contribution in [1.29, 1.82) is 0 Å². The Balaban J connectivity index is 3.58. The first kappa shape index (κ1) is 10.2. The van der Waals surface area contributed by atoms with Crippen LogP contribution in [-0.4, -0.2) is 22.9 Å². The van der Waals surface area contributed by atoms with Gasteiger partial charge >= 0.3 is 0 Å². The number of allylic oxidation sites excluding steroid dienone is 1. The maximum atomic E-state index is 9.08. The van der Waals surface area contributed by atoms with Crippen molar-refractivity contribution in [2.45, 2.75) is 25.9 Å². The standard InChI is InChI=1S/C9H14O2/c1-2-6-9(11)7-4-3-5-8-10/h3,5,9-11H,2,6,8H2,1H3/b5-3+. The average molecular weight is 154 g/mol. The van der Waals surface area contributed by atoms with Gasteiger partial charge in [0.25, 0.3) is 0 Å². The normalized spacial score (nSPS) is 12.6. The third-order valence-electron chi connectivity index (χ3n) is 1.12. The van der Waals surface area contributed by atoms with E-state index in [4.69, 9.17) is 10.2 Å². The number of aliphatic hydroxyl groups is 2. The van der Waals surface area contributed by atoms with Gasteiger partial charge in [-0.1, -0.05) is 31.3 Å². The molecule has 0 aromatic heterocycles. The zero-order valence-electron chi connectivity index (χ0n) is 6.75. The van der Waals surface area contributed by atoms with Crippen LogP contribution in [0.15, 0.2) is 12.2 Å². The predicted octanol–water partition coefficient (Wildman–Crippen LogP) is 0.699. The van der Waals surface area contributed by atoms with Crippen molar-refractivity contribution in [3.05, 3.63) is 12.2 Å². The fraction of sp³-hybridized carbons (Fsp3) is 0.556. The highest BCUT2D eigenvalue weighted by Gasteiger charge is 1.92. The first-order valence-electron chi connectivity index (χ1n) is 3.76. The first-order valence-corrected chi connectivity index (χ1v) is 3.76. The third kappa shape index (κ3) is 7.11. The van der Waals surface area contributed by atoms with E-state index in [0.717, 1.165) is 6.42 Å². The first-order chi connectivity index (χ1) is 5.31. The van der Waals surface area contributed by atoms with Gasteiger partial charge in [-0.05, 0) is 12.5 Å². The molecule has 11 heavy (non-hydrogen) atoms. The molecule has 0 aliphatic heterocycles. The van der Waals surface area contributed by atoms with Crippen LogP contribution in [0.1, 0.15) is 19.8 Å². The van der Waals surface area contributed by atoms with Gasteiger partial charge in [-0.15, -0.1) is 0 Å². The molecule has 0 saturated carbocycles. The molecule has 2 nitrogen and oxygen atoms in total. The minimum absolute atomic E-state index is 0.00144. The van der Waals surface area contributed by atoms with Crippen molar-refractivity contribution in [3.63, 3.8) is 0 Å². The van der Waals surface area contributed by atoms with Crippen LogP contribution < -0.4 is 0 Å². The lowest BCUT2D eigenvalue weighted by Crippen LogP contribution is -2.00. The number of aliphatic hydroxyl groups excluding tert-OH is 2. The molecule has 0 saturated heterocycles. The van der Waals surface area contributed by atoms with Crippen LogP contribution in [0.5, 0.6) is 0 Å². The smallest absolute Gasteiger partial charge is 0.115 e. The lowest BCUT2D eigenvalue weighted by atomic mass is 10.2. The van der Waals surface area contributed by atoms with Crippen LogP contribution >= 0.6 is 0 Å². The summed E-state index contributed by atoms with van der Waals surface area (Å²) in [5, 5.41) is 17.4. The molecule has 0 spiro atoms. The summed E-state index contributed by atoms with van der Waals surface area (Å²) in [5.74, 6) is 5.26. The Hall–Kier alpha value is -0.780. The second-order valence-corrected chi connectivity index (χ2v) is 2.18. The lowest BCUT2D eigenvalue weighted by molar-refractivity contribution is 0.221.